The molecule has 17 heavy (non-hydrogen) atoms. The van der Waals surface area contributed by atoms with Gasteiger partial charge in [0.1, 0.15) is 11.5 Å². The van der Waals surface area contributed by atoms with E-state index in [4.69, 9.17) is 18.0 Å². The molecule has 0 aromatic carbocycles. The van der Waals surface area contributed by atoms with Crippen molar-refractivity contribution in [1.82, 2.24) is 10.2 Å². The van der Waals surface area contributed by atoms with E-state index in [-0.39, 0.29) is 11.5 Å². The number of carbonyl (C=O) groups excluding carboxylic acids is 1. The van der Waals surface area contributed by atoms with Crippen LogP contribution in [0.25, 0.3) is 0 Å². The highest BCUT2D eigenvalue weighted by atomic mass is 32.1. The van der Waals surface area contributed by atoms with Crippen molar-refractivity contribution in [3.05, 3.63) is 16.8 Å². The number of nitrogens with one attached hydrogen (secondary N) is 1. The highest BCUT2D eigenvalue weighted by molar-refractivity contribution is 7.80. The van der Waals surface area contributed by atoms with Gasteiger partial charge in [-0.2, -0.15) is 5.10 Å². The van der Waals surface area contributed by atoms with Crippen LogP contribution in [0.15, 0.2) is 0 Å². The second kappa shape index (κ2) is 5.53. The molecule has 6 nitrogen and oxygen atoms in total. The van der Waals surface area contributed by atoms with Gasteiger partial charge in [-0.15, -0.1) is 5.10 Å². The Bertz CT molecular complexity index is 462. The molecule has 0 radical (unpaired) electrons. The highest BCUT2D eigenvalue weighted by Gasteiger charge is 2.14. The molecule has 7 heteroatoms. The van der Waals surface area contributed by atoms with Crippen LogP contribution in [-0.2, 0) is 9.53 Å². The van der Waals surface area contributed by atoms with Crippen LogP contribution in [0.2, 0.25) is 0 Å². The van der Waals surface area contributed by atoms with E-state index in [1.165, 1.54) is 7.11 Å². The normalized spacial score (nSPS) is 9.82. The van der Waals surface area contributed by atoms with Gasteiger partial charge >= 0.3 is 5.97 Å². The number of ether oxygens (including phenoxy) is 1. The number of hydrogen-bond acceptors (Lipinski definition) is 6. The van der Waals surface area contributed by atoms with Crippen molar-refractivity contribution in [2.75, 3.05) is 19.0 Å². The summed E-state index contributed by atoms with van der Waals surface area (Å²) in [7, 11) is 1.31. The zero-order valence-corrected chi connectivity index (χ0v) is 10.7. The maximum atomic E-state index is 11.0. The Morgan fingerprint density at radius 1 is 1.47 bits per heavy atom. The molecule has 0 aliphatic carbocycles. The molecule has 1 aromatic rings. The van der Waals surface area contributed by atoms with Crippen LogP contribution in [-0.4, -0.2) is 34.8 Å². The zero-order valence-electron chi connectivity index (χ0n) is 9.90. The number of aryl methyl sites for hydroxylation is 1. The third-order valence-electron chi connectivity index (χ3n) is 2.33. The lowest BCUT2D eigenvalue weighted by Gasteiger charge is -2.12. The largest absolute Gasteiger partial charge is 0.468 e. The third-order valence-corrected chi connectivity index (χ3v) is 2.53. The van der Waals surface area contributed by atoms with Gasteiger partial charge in [0.15, 0.2) is 5.82 Å². The Labute approximate surface area is 105 Å². The summed E-state index contributed by atoms with van der Waals surface area (Å²) in [4.78, 5) is 11.2. The van der Waals surface area contributed by atoms with Crippen molar-refractivity contribution in [2.45, 2.75) is 13.8 Å². The first-order chi connectivity index (χ1) is 7.97. The van der Waals surface area contributed by atoms with Gasteiger partial charge in [0.05, 0.1) is 18.4 Å². The number of esters is 1. The lowest BCUT2D eigenvalue weighted by Crippen LogP contribution is -2.21. The number of aromatic nitrogens is 2. The van der Waals surface area contributed by atoms with Gasteiger partial charge < -0.3 is 15.8 Å². The molecule has 1 heterocycles. The molecule has 0 amide bonds. The number of hydrogen-bond donors (Lipinski definition) is 2. The van der Waals surface area contributed by atoms with Crippen LogP contribution < -0.4 is 11.1 Å². The number of methoxy groups -OCH3 is 1. The van der Waals surface area contributed by atoms with Crippen LogP contribution in [0.5, 0.6) is 0 Å². The monoisotopic (exact) mass is 254 g/mol. The van der Waals surface area contributed by atoms with Gasteiger partial charge in [0.25, 0.3) is 0 Å². The van der Waals surface area contributed by atoms with Crippen molar-refractivity contribution in [3.63, 3.8) is 0 Å². The zero-order chi connectivity index (χ0) is 13.0. The Balaban J connectivity index is 3.03. The summed E-state index contributed by atoms with van der Waals surface area (Å²) < 4.78 is 4.51. The summed E-state index contributed by atoms with van der Waals surface area (Å²) in [6, 6.07) is 0. The second-order valence-electron chi connectivity index (χ2n) is 3.43. The molecular formula is C10H14N4O2S. The van der Waals surface area contributed by atoms with Gasteiger partial charge in [-0.25, -0.2) is 0 Å². The minimum Gasteiger partial charge on any atom is -0.468 e. The molecule has 92 valence electrons. The fraction of sp³-hybridized carbons (Fsp3) is 0.400. The third kappa shape index (κ3) is 3.10. The fourth-order valence-corrected chi connectivity index (χ4v) is 1.51. The van der Waals surface area contributed by atoms with Crippen molar-refractivity contribution < 1.29 is 9.53 Å². The maximum absolute atomic E-state index is 11.0. The van der Waals surface area contributed by atoms with Crippen molar-refractivity contribution in [2.24, 2.45) is 5.73 Å². The molecule has 0 unspecified atom stereocenters. The number of nitrogens with two attached hydrogens (primary N) is 1. The van der Waals surface area contributed by atoms with E-state index in [1.54, 1.807) is 0 Å². The number of carbonyl (C=O) groups is 1. The van der Waals surface area contributed by atoms with E-state index in [0.717, 1.165) is 11.3 Å². The molecule has 0 bridgehead atoms. The maximum Gasteiger partial charge on any atom is 0.325 e. The smallest absolute Gasteiger partial charge is 0.325 e. The fourth-order valence-electron chi connectivity index (χ4n) is 1.26. The Hall–Kier alpha value is -1.76. The van der Waals surface area contributed by atoms with Crippen LogP contribution in [0.4, 0.5) is 5.82 Å². The van der Waals surface area contributed by atoms with E-state index >= 15 is 0 Å². The van der Waals surface area contributed by atoms with E-state index in [1.807, 2.05) is 13.8 Å². The lowest BCUT2D eigenvalue weighted by atomic mass is 10.1. The molecule has 1 rings (SSSR count). The minimum atomic E-state index is -0.404. The summed E-state index contributed by atoms with van der Waals surface area (Å²) in [5.41, 5.74) is 7.83. The summed E-state index contributed by atoms with van der Waals surface area (Å²) in [5.74, 6) is -0.00934. The van der Waals surface area contributed by atoms with E-state index < -0.39 is 5.97 Å². The number of thiocarbonyl (C=S) groups is 1. The molecule has 0 aliphatic heterocycles. The van der Waals surface area contributed by atoms with Crippen molar-refractivity contribution in [1.29, 1.82) is 0 Å². The molecule has 1 aromatic heterocycles. The predicted molar refractivity (Wildman–Crippen MR) is 67.9 cm³/mol. The molecule has 0 atom stereocenters. The number of nitrogens with zero attached hydrogens (tertiary/aromatic N) is 2. The van der Waals surface area contributed by atoms with Gasteiger partial charge in [-0.3, -0.25) is 4.79 Å². The van der Waals surface area contributed by atoms with Gasteiger partial charge in [-0.05, 0) is 19.4 Å². The van der Waals surface area contributed by atoms with E-state index in [9.17, 15) is 4.79 Å². The summed E-state index contributed by atoms with van der Waals surface area (Å²) in [6.45, 7) is 3.65. The van der Waals surface area contributed by atoms with Crippen LogP contribution in [0.1, 0.15) is 16.8 Å². The lowest BCUT2D eigenvalue weighted by molar-refractivity contribution is -0.138. The molecule has 3 N–H and O–H groups in total. The predicted octanol–water partition coefficient (Wildman–Crippen LogP) is 0.313. The Kier molecular flexibility index (Phi) is 4.33. The molecule has 0 spiro atoms. The first kappa shape index (κ1) is 13.3. The van der Waals surface area contributed by atoms with E-state index in [2.05, 4.69) is 20.3 Å². The molecule has 0 fully saturated rings. The summed E-state index contributed by atoms with van der Waals surface area (Å²) in [5, 5.41) is 10.7. The summed E-state index contributed by atoms with van der Waals surface area (Å²) >= 11 is 4.96. The average molecular weight is 254 g/mol. The molecule has 0 saturated carbocycles. The summed E-state index contributed by atoms with van der Waals surface area (Å²) in [6.07, 6.45) is 0. The Morgan fingerprint density at radius 3 is 2.65 bits per heavy atom. The average Bonchev–Trinajstić information content (AvgIpc) is 2.29. The van der Waals surface area contributed by atoms with E-state index in [0.29, 0.717) is 11.4 Å². The first-order valence-corrected chi connectivity index (χ1v) is 5.32. The number of rotatable bonds is 4. The van der Waals surface area contributed by atoms with Gasteiger partial charge in [0, 0.05) is 0 Å². The second-order valence-corrected chi connectivity index (χ2v) is 3.87. The molecular weight excluding hydrogens is 240 g/mol. The van der Waals surface area contributed by atoms with Crippen molar-refractivity contribution in [3.8, 4) is 0 Å². The quantitative estimate of drug-likeness (QED) is 0.590. The highest BCUT2D eigenvalue weighted by Crippen LogP contribution is 2.17. The first-order valence-electron chi connectivity index (χ1n) is 4.91. The van der Waals surface area contributed by atoms with Crippen LogP contribution in [0, 0.1) is 13.8 Å². The standard InChI is InChI=1S/C10H14N4O2S/c1-5-6(2)13-14-10(8(5)9(11)17)12-4-7(15)16-3/h4H2,1-3H3,(H2,11,17)(H,12,14). The SMILES string of the molecule is COC(=O)CNc1nnc(C)c(C)c1C(N)=S. The van der Waals surface area contributed by atoms with Crippen molar-refractivity contribution >= 4 is 29.0 Å². The molecule has 0 saturated heterocycles. The van der Waals surface area contributed by atoms with Crippen LogP contribution in [0.3, 0.4) is 0 Å². The van der Waals surface area contributed by atoms with Gasteiger partial charge in [0.2, 0.25) is 0 Å². The topological polar surface area (TPSA) is 90.1 Å². The van der Waals surface area contributed by atoms with Gasteiger partial charge in [-0.1, -0.05) is 12.2 Å². The Morgan fingerprint density at radius 2 is 2.12 bits per heavy atom. The number of anilines is 1. The minimum absolute atomic E-state index is 0.0106. The van der Waals surface area contributed by atoms with Crippen LogP contribution >= 0.6 is 12.2 Å². The molecule has 0 aliphatic rings.